The number of aryl methyl sites for hydroxylation is 1. The van der Waals surface area contributed by atoms with Crippen molar-refractivity contribution in [2.45, 2.75) is 199 Å². The molecular formula is C87H146IN19O18P6. The molecule has 0 aromatic carbocycles. The van der Waals surface area contributed by atoms with Crippen molar-refractivity contribution in [2.24, 2.45) is 63.7 Å². The number of aliphatic imine (C=N–C) groups is 5. The van der Waals surface area contributed by atoms with Gasteiger partial charge in [0.25, 0.3) is 0 Å². The summed E-state index contributed by atoms with van der Waals surface area (Å²) in [6.07, 6.45) is 27.4. The fourth-order valence-corrected chi connectivity index (χ4v) is 21.3. The molecule has 6 unspecified atom stereocenters. The number of hydrogen-bond donors (Lipinski definition) is 19. The molecule has 0 radical (unpaired) electrons. The molecule has 12 aliphatic rings. The van der Waals surface area contributed by atoms with Crippen LogP contribution in [-0.4, -0.2) is 428 Å². The molecule has 13 heterocycles. The summed E-state index contributed by atoms with van der Waals surface area (Å²) in [6, 6.07) is 1.98. The Morgan fingerprint density at radius 1 is 0.405 bits per heavy atom. The minimum Gasteiger partial charge on any atom is -0.388 e. The number of halogens is 1. The second-order valence-corrected chi connectivity index (χ2v) is 65.7. The molecule has 0 aliphatic carbocycles. The molecule has 6 fully saturated rings. The number of aromatic nitrogens is 1. The van der Waals surface area contributed by atoms with E-state index in [1.807, 2.05) is 26.1 Å². The summed E-state index contributed by atoms with van der Waals surface area (Å²) in [5.74, 6) is 3.54. The summed E-state index contributed by atoms with van der Waals surface area (Å²) in [4.78, 5) is 34.4. The first-order valence-corrected chi connectivity index (χ1v) is 62.2. The molecule has 24 N–H and O–H groups in total. The number of nitrogens with two attached hydrogens (primary N) is 5. The lowest BCUT2D eigenvalue weighted by Crippen LogP contribution is -2.44. The van der Waals surface area contributed by atoms with Crippen molar-refractivity contribution >= 4 is 143 Å². The highest BCUT2D eigenvalue weighted by molar-refractivity contribution is 14.1. The number of aliphatic hydroxyl groups is 12. The average Bonchev–Trinajstić information content (AvgIpc) is 1.72. The Labute approximate surface area is 785 Å². The Morgan fingerprint density at radius 2 is 0.740 bits per heavy atom. The molecule has 37 nitrogen and oxygen atoms in total. The van der Waals surface area contributed by atoms with E-state index >= 15 is 0 Å². The van der Waals surface area contributed by atoms with Gasteiger partial charge in [-0.3, -0.25) is 0 Å². The Hall–Kier alpha value is -6.02. The van der Waals surface area contributed by atoms with Gasteiger partial charge >= 0.3 is 0 Å². The molecule has 1 aromatic heterocycles. The second kappa shape index (κ2) is 45.5. The van der Waals surface area contributed by atoms with Crippen molar-refractivity contribution in [3.8, 4) is 0 Å². The zero-order chi connectivity index (χ0) is 98.3. The topological polar surface area (TPSA) is 559 Å². The molecule has 131 heavy (non-hydrogen) atoms. The lowest BCUT2D eigenvalue weighted by Gasteiger charge is -2.31. The quantitative estimate of drug-likeness (QED) is 0.0512. The number of hydrogen-bond acceptors (Lipinski definition) is 36. The molecule has 24 atom stereocenters. The number of guanidine groups is 1. The third kappa shape index (κ3) is 30.7. The lowest BCUT2D eigenvalue weighted by atomic mass is 9.99. The van der Waals surface area contributed by atoms with Crippen molar-refractivity contribution < 1.29 is 89.7 Å². The zero-order valence-electron chi connectivity index (χ0n) is 78.1. The predicted molar refractivity (Wildman–Crippen MR) is 554 cm³/mol. The summed E-state index contributed by atoms with van der Waals surface area (Å²) in [7, 11) is 0. The fourth-order valence-electron chi connectivity index (χ4n) is 15.1. The first-order chi connectivity index (χ1) is 60.4. The number of aliphatic hydroxyl groups excluding tert-OH is 12. The van der Waals surface area contributed by atoms with E-state index in [0.29, 0.717) is 90.6 Å². The van der Waals surface area contributed by atoms with E-state index in [9.17, 15) is 61.3 Å². The number of fused-ring (bicyclic) bond motifs is 1. The molecule has 44 heteroatoms. The van der Waals surface area contributed by atoms with E-state index < -0.39 is 188 Å². The standard InChI is InChI=1S/C17H26N3O3P.C15H26N3O3P.C14H23IN3O3P.2C14H24N3O3P.C13H23N4O3P/c1-10-8-12-9-20(11(2)19-16(12)18-10)17-15(22)14(21)13(23-17)6-7-24(3,4)5;1-9-8-18(10(2)17-14(9)16)15-13(20)12(19)11(21-15)6-7-22(3,4)5;1-8-17-13(16)9(15)7-18(8)14-12(20)11(19)10(21-14)5-6-22(2,3)4;1-9-16-11(15)5-7-17(9)14-13(19)12(18)10(20-14)6-8-21(2,3)4;1-8-9(7-16-14(15)17-8)13-12(19)11(18)10(20-13)5-6-21(2,3)4;1-8-16-10(14)7-15-17(8)13-12(19)11(18)9(20-13)5-6-21(2,3)4/h8-9,13-15,17,21-22H,2-3,6-7H2,1,4-5H3,(H,18,19);8,11-13,15,19-20H,2-3,6-7H2,1,4-5H3,(H2,16,17);7,10-12,14,19-20H,1-2,5-6H2,3-4H3,(H2,16,17);5,7,10,12-14,18-19H,1-2,6,8H2,3-4H3,(H2,15,16);7,10-13,18-19H,1-2,5-6H2,3-4H3,(H3,15,16,17);7,9,11-13,18-19H,1-2,5-6H2,3-4H3,(H2,14,16)/t13?,14-,15-,17-;11?,12-,13-,15-;10?,11-,12-,14-;10?,12-,13-,14-;10?,11-,12-,13+;9?,11-,12-,13-/m111111/s1. The van der Waals surface area contributed by atoms with Crippen LogP contribution in [0.2, 0.25) is 0 Å². The first kappa shape index (κ1) is 110. The Kier molecular flexibility index (Phi) is 38.3. The van der Waals surface area contributed by atoms with Crippen molar-refractivity contribution in [2.75, 3.05) is 117 Å². The number of rotatable bonds is 24. The van der Waals surface area contributed by atoms with Crippen molar-refractivity contribution in [3.63, 3.8) is 0 Å². The van der Waals surface area contributed by atoms with Crippen LogP contribution < -0.4 is 44.7 Å². The number of aromatic amines is 1. The Morgan fingerprint density at radius 3 is 1.13 bits per heavy atom. The molecule has 0 amide bonds. The van der Waals surface area contributed by atoms with E-state index in [-0.39, 0.29) is 17.6 Å². The van der Waals surface area contributed by atoms with Gasteiger partial charge in [-0.25, -0.2) is 35.0 Å². The van der Waals surface area contributed by atoms with E-state index in [4.69, 9.17) is 57.1 Å². The van der Waals surface area contributed by atoms with Gasteiger partial charge in [-0.05, 0) is 204 Å². The summed E-state index contributed by atoms with van der Waals surface area (Å²) in [6.45, 7) is 45.2. The average molecular weight is 2060 g/mol. The van der Waals surface area contributed by atoms with E-state index in [1.54, 1.807) is 44.3 Å². The van der Waals surface area contributed by atoms with Crippen LogP contribution in [0.15, 0.2) is 161 Å². The van der Waals surface area contributed by atoms with Crippen molar-refractivity contribution in [1.82, 2.24) is 34.9 Å². The molecular weight excluding hydrogens is 1910 g/mol. The number of nitrogens with one attached hydrogen (secondary N) is 2. The fraction of sp³-hybridized carbons (Fsp3) is 0.575. The van der Waals surface area contributed by atoms with Gasteiger partial charge in [-0.15, -0.1) is 79.1 Å². The van der Waals surface area contributed by atoms with Gasteiger partial charge in [0.15, 0.2) is 37.1 Å². The van der Waals surface area contributed by atoms with E-state index in [0.717, 1.165) is 62.5 Å². The van der Waals surface area contributed by atoms with Crippen LogP contribution in [0.4, 0.5) is 0 Å². The van der Waals surface area contributed by atoms with Crippen LogP contribution >= 0.6 is 63.9 Å². The highest BCUT2D eigenvalue weighted by atomic mass is 127. The van der Waals surface area contributed by atoms with Crippen LogP contribution in [0, 0.1) is 6.92 Å². The second-order valence-electron chi connectivity index (χ2n) is 38.7. The van der Waals surface area contributed by atoms with Crippen LogP contribution in [-0.2, 0) is 28.4 Å². The third-order valence-corrected chi connectivity index (χ3v) is 32.3. The molecule has 13 rings (SSSR count). The summed E-state index contributed by atoms with van der Waals surface area (Å²) >= 11 is 2.06. The number of ether oxygens (including phenoxy) is 6. The number of hydrazone groups is 1. The number of nitrogens with zero attached hydrogens (tertiary/aromatic N) is 12. The molecule has 1 aromatic rings. The highest BCUT2D eigenvalue weighted by Crippen LogP contribution is 2.46. The van der Waals surface area contributed by atoms with Gasteiger partial charge < -0.3 is 148 Å². The third-order valence-electron chi connectivity index (χ3n) is 22.7. The number of amidine groups is 4. The zero-order valence-corrected chi connectivity index (χ0v) is 85.6. The maximum Gasteiger partial charge on any atom is 0.197 e. The lowest BCUT2D eigenvalue weighted by molar-refractivity contribution is -0.0749. The van der Waals surface area contributed by atoms with Gasteiger partial charge in [0, 0.05) is 58.8 Å². The van der Waals surface area contributed by atoms with Crippen LogP contribution in [0.1, 0.15) is 51.1 Å². The molecule has 12 aliphatic heterocycles. The molecule has 0 saturated carbocycles. The smallest absolute Gasteiger partial charge is 0.197 e. The van der Waals surface area contributed by atoms with Gasteiger partial charge in [0.05, 0.1) is 46.4 Å². The summed E-state index contributed by atoms with van der Waals surface area (Å²) in [5.41, 5.74) is 31.8. The highest BCUT2D eigenvalue weighted by Gasteiger charge is 2.52. The minimum absolute atomic E-state index is 0.240. The molecule has 0 spiro atoms. The number of H-pyrrole nitrogens is 1. The van der Waals surface area contributed by atoms with Crippen LogP contribution in [0.25, 0.3) is 6.20 Å². The Bertz CT molecular complexity index is 4940. The monoisotopic (exact) mass is 2060 g/mol. The summed E-state index contributed by atoms with van der Waals surface area (Å²) in [5, 5.41) is 132. The SMILES string of the molecule is C=C1N=C(N)C(C)=CN1[C@@H]1OC(CCP(=C)(C)C)[C@@H](O)[C@H]1O.C=C1N=C(N)C(I)=CN1[C@@H]1OC(CCP(=C)(C)C)[C@@H](O)[C@H]1O.C=C1N=C(N)C=CN1[C@@H]1OC(CCP(=C)(C)C)[C@@H](O)[C@H]1O.C=C1N=C(N)C=NN1[C@@H]1OC(CCP(=C)(C)C)[C@@H](O)[C@H]1O.C=C1N=c2[nH]c(C)cc2=CN1[C@@H]1OC(CCP(=C)(C)C)[C@@H](O)[C@H]1O.C=C1NC(N)=NC=C1[C@@H]1OC(CCP(=C)(C)C)[C@@H](O)[C@H]1O. The molecule has 6 saturated heterocycles. The maximum absolute atomic E-state index is 10.4. The van der Waals surface area contributed by atoms with Crippen LogP contribution in [0.3, 0.4) is 0 Å². The van der Waals surface area contributed by atoms with E-state index in [2.05, 4.69) is 225 Å². The van der Waals surface area contributed by atoms with Gasteiger partial charge in [0.2, 0.25) is 0 Å². The minimum atomic E-state index is -1.21. The van der Waals surface area contributed by atoms with E-state index in [1.165, 1.54) is 17.4 Å². The first-order valence-electron chi connectivity index (χ1n) is 42.8. The maximum atomic E-state index is 10.4. The van der Waals surface area contributed by atoms with Gasteiger partial charge in [-0.1, -0.05) is 39.5 Å². The summed E-state index contributed by atoms with van der Waals surface area (Å²) < 4.78 is 35.9. The molecule has 734 valence electrons. The van der Waals surface area contributed by atoms with Crippen molar-refractivity contribution in [1.29, 1.82) is 0 Å². The largest absolute Gasteiger partial charge is 0.388 e. The van der Waals surface area contributed by atoms with Gasteiger partial charge in [0.1, 0.15) is 137 Å². The van der Waals surface area contributed by atoms with Gasteiger partial charge in [-0.2, -0.15) is 5.10 Å². The van der Waals surface area contributed by atoms with Crippen molar-refractivity contribution in [3.05, 3.63) is 142 Å². The van der Waals surface area contributed by atoms with Crippen LogP contribution in [0.5, 0.6) is 0 Å². The predicted octanol–water partition coefficient (Wildman–Crippen LogP) is 1.29. The Balaban J connectivity index is 0.000000194. The normalized spacial score (nSPS) is 32.6. The molecule has 0 bridgehead atoms.